The van der Waals surface area contributed by atoms with Crippen LogP contribution in [0.4, 0.5) is 0 Å². The third kappa shape index (κ3) is 4.17. The van der Waals surface area contributed by atoms with Gasteiger partial charge in [0.2, 0.25) is 0 Å². The van der Waals surface area contributed by atoms with Gasteiger partial charge < -0.3 is 39.4 Å². The average Bonchev–Trinajstić information content (AvgIpc) is 2.78. The molecule has 2 atom stereocenters. The second-order valence-corrected chi connectivity index (χ2v) is 7.18. The molecule has 2 aromatic carbocycles. The summed E-state index contributed by atoms with van der Waals surface area (Å²) in [7, 11) is 5.97. The number of benzene rings is 2. The third-order valence-electron chi connectivity index (χ3n) is 5.44. The van der Waals surface area contributed by atoms with Gasteiger partial charge in [0.1, 0.15) is 11.2 Å². The maximum absolute atomic E-state index is 11.5. The second kappa shape index (κ2) is 9.53. The van der Waals surface area contributed by atoms with E-state index in [1.54, 1.807) is 36.4 Å². The second-order valence-electron chi connectivity index (χ2n) is 7.18. The number of hydrogen-bond acceptors (Lipinski definition) is 8. The normalized spacial score (nSPS) is 15.3. The molecule has 0 saturated heterocycles. The maximum atomic E-state index is 11.5. The molecule has 4 N–H and O–H groups in total. The minimum absolute atomic E-state index is 0.407. The van der Waals surface area contributed by atoms with Crippen LogP contribution in [0.15, 0.2) is 36.4 Å². The molecule has 0 fully saturated rings. The summed E-state index contributed by atoms with van der Waals surface area (Å²) in [6.45, 7) is -0.340. The molecular weight excluding hydrogens is 392 g/mol. The molecule has 0 heterocycles. The van der Waals surface area contributed by atoms with Crippen molar-refractivity contribution in [2.24, 2.45) is 0 Å². The van der Waals surface area contributed by atoms with Gasteiger partial charge in [0.25, 0.3) is 0 Å². The highest BCUT2D eigenvalue weighted by Gasteiger charge is 2.52. The van der Waals surface area contributed by atoms with Crippen LogP contribution in [-0.4, -0.2) is 73.3 Å². The lowest BCUT2D eigenvalue weighted by Crippen LogP contribution is -2.60. The zero-order valence-corrected chi connectivity index (χ0v) is 17.9. The molecule has 0 radical (unpaired) electrons. The van der Waals surface area contributed by atoms with Crippen molar-refractivity contribution in [3.05, 3.63) is 47.5 Å². The summed E-state index contributed by atoms with van der Waals surface area (Å²) < 4.78 is 21.3. The van der Waals surface area contributed by atoms with Crippen LogP contribution in [0.2, 0.25) is 0 Å². The summed E-state index contributed by atoms with van der Waals surface area (Å²) in [4.78, 5) is 0. The highest BCUT2D eigenvalue weighted by molar-refractivity contribution is 5.51. The van der Waals surface area contributed by atoms with E-state index in [2.05, 4.69) is 0 Å². The minimum Gasteiger partial charge on any atom is -0.493 e. The molecule has 2 unspecified atom stereocenters. The Bertz CT molecular complexity index is 796. The van der Waals surface area contributed by atoms with Crippen LogP contribution in [0.5, 0.6) is 23.0 Å². The minimum atomic E-state index is -2.15. The molecule has 0 aliphatic carbocycles. The molecule has 8 heteroatoms. The lowest BCUT2D eigenvalue weighted by molar-refractivity contribution is -0.187. The van der Waals surface area contributed by atoms with Crippen molar-refractivity contribution in [3.63, 3.8) is 0 Å². The van der Waals surface area contributed by atoms with Crippen LogP contribution in [0.1, 0.15) is 24.0 Å². The van der Waals surface area contributed by atoms with Gasteiger partial charge >= 0.3 is 0 Å². The molecule has 0 saturated carbocycles. The molecular formula is C22H30O8. The zero-order valence-electron chi connectivity index (χ0n) is 17.9. The molecule has 0 aliphatic heterocycles. The van der Waals surface area contributed by atoms with Crippen molar-refractivity contribution in [1.82, 2.24) is 0 Å². The van der Waals surface area contributed by atoms with Gasteiger partial charge in [-0.3, -0.25) is 0 Å². The van der Waals surface area contributed by atoms with E-state index in [0.29, 0.717) is 34.1 Å². The number of rotatable bonds is 10. The van der Waals surface area contributed by atoms with E-state index in [1.165, 1.54) is 35.4 Å². The molecule has 0 spiro atoms. The number of hydrogen-bond donors (Lipinski definition) is 4. The van der Waals surface area contributed by atoms with Gasteiger partial charge in [-0.15, -0.1) is 0 Å². The van der Waals surface area contributed by atoms with Crippen molar-refractivity contribution in [3.8, 4) is 23.0 Å². The fourth-order valence-electron chi connectivity index (χ4n) is 3.52. The van der Waals surface area contributed by atoms with E-state index in [9.17, 15) is 20.4 Å². The molecule has 0 aliphatic rings. The van der Waals surface area contributed by atoms with Crippen LogP contribution < -0.4 is 18.9 Å². The van der Waals surface area contributed by atoms with Gasteiger partial charge in [0.05, 0.1) is 41.7 Å². The van der Waals surface area contributed by atoms with Gasteiger partial charge in [0.15, 0.2) is 23.0 Å². The fourth-order valence-corrected chi connectivity index (χ4v) is 3.52. The van der Waals surface area contributed by atoms with Crippen LogP contribution in [0.25, 0.3) is 0 Å². The monoisotopic (exact) mass is 422 g/mol. The molecule has 2 rings (SSSR count). The number of methoxy groups -OCH3 is 4. The van der Waals surface area contributed by atoms with Crippen LogP contribution in [-0.2, 0) is 0 Å². The molecule has 0 amide bonds. The molecule has 8 nitrogen and oxygen atoms in total. The van der Waals surface area contributed by atoms with Gasteiger partial charge in [-0.25, -0.2) is 0 Å². The first kappa shape index (κ1) is 23.8. The molecule has 30 heavy (non-hydrogen) atoms. The van der Waals surface area contributed by atoms with Gasteiger partial charge in [0, 0.05) is 5.92 Å². The molecule has 166 valence electrons. The van der Waals surface area contributed by atoms with E-state index in [-0.39, 0.29) is 0 Å². The van der Waals surface area contributed by atoms with Crippen molar-refractivity contribution in [1.29, 1.82) is 0 Å². The third-order valence-corrected chi connectivity index (χ3v) is 5.44. The van der Waals surface area contributed by atoms with E-state index >= 15 is 0 Å². The van der Waals surface area contributed by atoms with Crippen LogP contribution >= 0.6 is 0 Å². The summed E-state index contributed by atoms with van der Waals surface area (Å²) in [5.74, 6) is 0.806. The highest BCUT2D eigenvalue weighted by atomic mass is 16.5. The van der Waals surface area contributed by atoms with Crippen LogP contribution in [0, 0.1) is 0 Å². The Morgan fingerprint density at radius 2 is 1.10 bits per heavy atom. The lowest BCUT2D eigenvalue weighted by atomic mass is 9.69. The van der Waals surface area contributed by atoms with E-state index < -0.39 is 30.3 Å². The quantitative estimate of drug-likeness (QED) is 0.453. The van der Waals surface area contributed by atoms with Crippen molar-refractivity contribution in [2.45, 2.75) is 24.0 Å². The van der Waals surface area contributed by atoms with E-state index in [1.807, 2.05) is 0 Å². The first-order valence-corrected chi connectivity index (χ1v) is 9.33. The Hall–Kier alpha value is -2.52. The summed E-state index contributed by atoms with van der Waals surface area (Å²) in [6, 6.07) is 10.00. The topological polar surface area (TPSA) is 118 Å². The summed E-state index contributed by atoms with van der Waals surface area (Å²) in [5.41, 5.74) is -3.15. The summed E-state index contributed by atoms with van der Waals surface area (Å²) >= 11 is 0. The van der Waals surface area contributed by atoms with E-state index in [4.69, 9.17) is 18.9 Å². The SMILES string of the molecule is COc1ccc(C(c2ccc(OC)c(OC)c2)C(O)(CO)C(C)(O)CO)cc1OC. The molecule has 0 bridgehead atoms. The number of aliphatic hydroxyl groups is 4. The van der Waals surface area contributed by atoms with Gasteiger partial charge in [-0.2, -0.15) is 0 Å². The van der Waals surface area contributed by atoms with Crippen LogP contribution in [0.3, 0.4) is 0 Å². The summed E-state index contributed by atoms with van der Waals surface area (Å²) in [6.07, 6.45) is 0. The fraction of sp³-hybridized carbons (Fsp3) is 0.455. The maximum Gasteiger partial charge on any atom is 0.161 e. The summed E-state index contributed by atoms with van der Waals surface area (Å²) in [5, 5.41) is 42.2. The Balaban J connectivity index is 2.80. The Morgan fingerprint density at radius 1 is 0.700 bits per heavy atom. The zero-order chi connectivity index (χ0) is 22.5. The lowest BCUT2D eigenvalue weighted by Gasteiger charge is -2.45. The Morgan fingerprint density at radius 3 is 1.40 bits per heavy atom. The first-order chi connectivity index (χ1) is 14.2. The predicted molar refractivity (Wildman–Crippen MR) is 111 cm³/mol. The standard InChI is InChI=1S/C22H30O8/c1-21(25,12-23)22(26,13-24)20(14-6-8-16(27-2)18(10-14)29-4)15-7-9-17(28-3)19(11-15)30-5/h6-11,20,23-26H,12-13H2,1-5H3. The number of aliphatic hydroxyl groups excluding tert-OH is 2. The van der Waals surface area contributed by atoms with E-state index in [0.717, 1.165) is 0 Å². The predicted octanol–water partition coefficient (Wildman–Crippen LogP) is 1.32. The first-order valence-electron chi connectivity index (χ1n) is 9.33. The van der Waals surface area contributed by atoms with Gasteiger partial charge in [-0.1, -0.05) is 12.1 Å². The Kier molecular flexibility index (Phi) is 7.54. The highest BCUT2D eigenvalue weighted by Crippen LogP contribution is 2.45. The smallest absolute Gasteiger partial charge is 0.161 e. The molecule has 0 aromatic heterocycles. The van der Waals surface area contributed by atoms with Crippen molar-refractivity contribution in [2.75, 3.05) is 41.7 Å². The molecule has 2 aromatic rings. The van der Waals surface area contributed by atoms with Gasteiger partial charge in [-0.05, 0) is 42.3 Å². The number of ether oxygens (including phenoxy) is 4. The van der Waals surface area contributed by atoms with Crippen molar-refractivity contribution < 1.29 is 39.4 Å². The van der Waals surface area contributed by atoms with Crippen molar-refractivity contribution >= 4 is 0 Å². The Labute approximate surface area is 176 Å². The largest absolute Gasteiger partial charge is 0.493 e. The average molecular weight is 422 g/mol.